The predicted molar refractivity (Wildman–Crippen MR) is 84.3 cm³/mol. The lowest BCUT2D eigenvalue weighted by Gasteiger charge is -2.13. The Hall–Kier alpha value is -2.02. The van der Waals surface area contributed by atoms with Crippen LogP contribution in [0.1, 0.15) is 23.6 Å². The molecule has 108 valence electrons. The molecule has 0 saturated carbocycles. The zero-order valence-electron chi connectivity index (χ0n) is 11.9. The van der Waals surface area contributed by atoms with Crippen molar-refractivity contribution in [3.63, 3.8) is 0 Å². The highest BCUT2D eigenvalue weighted by Gasteiger charge is 2.08. The number of rotatable bonds is 6. The van der Waals surface area contributed by atoms with Gasteiger partial charge in [0, 0.05) is 17.1 Å². The first-order valence-corrected chi connectivity index (χ1v) is 7.22. The molecule has 0 saturated heterocycles. The standard InChI is InChI=1S/C17H17ClN2O/c1-2-20-11-15-16(18)7-4-8-17(15)21-12-14-6-3-5-13(9-14)10-19/h3-9,20H,2,11-12H2,1H3. The number of halogens is 1. The van der Waals surface area contributed by atoms with Gasteiger partial charge in [-0.05, 0) is 36.4 Å². The summed E-state index contributed by atoms with van der Waals surface area (Å²) in [7, 11) is 0. The van der Waals surface area contributed by atoms with Crippen LogP contribution < -0.4 is 10.1 Å². The Bertz CT molecular complexity index is 649. The molecule has 0 atom stereocenters. The molecule has 0 radical (unpaired) electrons. The topological polar surface area (TPSA) is 45.0 Å². The molecule has 4 heteroatoms. The Kier molecular flexibility index (Phi) is 5.62. The van der Waals surface area contributed by atoms with Crippen LogP contribution in [0.2, 0.25) is 5.02 Å². The van der Waals surface area contributed by atoms with E-state index < -0.39 is 0 Å². The van der Waals surface area contributed by atoms with Crippen molar-refractivity contribution in [3.05, 3.63) is 64.2 Å². The van der Waals surface area contributed by atoms with Crippen LogP contribution in [0.15, 0.2) is 42.5 Å². The van der Waals surface area contributed by atoms with Gasteiger partial charge in [0.2, 0.25) is 0 Å². The zero-order chi connectivity index (χ0) is 15.1. The third-order valence-corrected chi connectivity index (χ3v) is 3.43. The second-order valence-corrected chi connectivity index (χ2v) is 5.00. The van der Waals surface area contributed by atoms with Gasteiger partial charge in [0.05, 0.1) is 11.6 Å². The minimum atomic E-state index is 0.412. The molecule has 2 aromatic rings. The SMILES string of the molecule is CCNCc1c(Cl)cccc1OCc1cccc(C#N)c1. The summed E-state index contributed by atoms with van der Waals surface area (Å²) in [5, 5.41) is 12.9. The first kappa shape index (κ1) is 15.4. The van der Waals surface area contributed by atoms with Crippen LogP contribution in [-0.2, 0) is 13.2 Å². The molecule has 0 unspecified atom stereocenters. The Morgan fingerprint density at radius 3 is 2.81 bits per heavy atom. The molecule has 0 aliphatic rings. The van der Waals surface area contributed by atoms with Gasteiger partial charge in [0.15, 0.2) is 0 Å². The van der Waals surface area contributed by atoms with Crippen molar-refractivity contribution < 1.29 is 4.74 Å². The minimum Gasteiger partial charge on any atom is -0.489 e. The molecule has 0 amide bonds. The molecule has 0 fully saturated rings. The van der Waals surface area contributed by atoms with Crippen LogP contribution in [0.25, 0.3) is 0 Å². The monoisotopic (exact) mass is 300 g/mol. The molecule has 0 bridgehead atoms. The summed E-state index contributed by atoms with van der Waals surface area (Å²) in [6.45, 7) is 4.00. The molecule has 3 nitrogen and oxygen atoms in total. The molecule has 21 heavy (non-hydrogen) atoms. The fraction of sp³-hybridized carbons (Fsp3) is 0.235. The lowest BCUT2D eigenvalue weighted by atomic mass is 10.1. The van der Waals surface area contributed by atoms with E-state index in [9.17, 15) is 0 Å². The normalized spacial score (nSPS) is 10.1. The van der Waals surface area contributed by atoms with Crippen LogP contribution in [0.3, 0.4) is 0 Å². The molecule has 0 heterocycles. The van der Waals surface area contributed by atoms with Crippen LogP contribution >= 0.6 is 11.6 Å². The van der Waals surface area contributed by atoms with E-state index in [0.717, 1.165) is 23.4 Å². The van der Waals surface area contributed by atoms with E-state index in [4.69, 9.17) is 21.6 Å². The number of nitrogens with zero attached hydrogens (tertiary/aromatic N) is 1. The number of benzene rings is 2. The first-order valence-electron chi connectivity index (χ1n) is 6.84. The fourth-order valence-electron chi connectivity index (χ4n) is 1.99. The summed E-state index contributed by atoms with van der Waals surface area (Å²) in [4.78, 5) is 0. The highest BCUT2D eigenvalue weighted by atomic mass is 35.5. The second-order valence-electron chi connectivity index (χ2n) is 4.60. The maximum absolute atomic E-state index is 8.91. The van der Waals surface area contributed by atoms with E-state index in [1.54, 1.807) is 6.07 Å². The van der Waals surface area contributed by atoms with Gasteiger partial charge in [-0.3, -0.25) is 0 Å². The van der Waals surface area contributed by atoms with Crippen LogP contribution in [0.4, 0.5) is 0 Å². The average Bonchev–Trinajstić information content (AvgIpc) is 2.52. The Morgan fingerprint density at radius 1 is 1.24 bits per heavy atom. The van der Waals surface area contributed by atoms with Gasteiger partial charge in [-0.1, -0.05) is 36.7 Å². The number of hydrogen-bond acceptors (Lipinski definition) is 3. The van der Waals surface area contributed by atoms with E-state index in [1.807, 2.05) is 43.3 Å². The largest absolute Gasteiger partial charge is 0.489 e. The van der Waals surface area contributed by atoms with Gasteiger partial charge < -0.3 is 10.1 Å². The number of nitrogens with one attached hydrogen (secondary N) is 1. The fourth-order valence-corrected chi connectivity index (χ4v) is 2.22. The zero-order valence-corrected chi connectivity index (χ0v) is 12.7. The van der Waals surface area contributed by atoms with E-state index in [0.29, 0.717) is 23.7 Å². The Labute approximate surface area is 130 Å². The van der Waals surface area contributed by atoms with Crippen molar-refractivity contribution in [2.24, 2.45) is 0 Å². The Balaban J connectivity index is 2.12. The van der Waals surface area contributed by atoms with Crippen molar-refractivity contribution in [2.45, 2.75) is 20.1 Å². The molecular weight excluding hydrogens is 284 g/mol. The molecule has 0 spiro atoms. The number of hydrogen-bond donors (Lipinski definition) is 1. The van der Waals surface area contributed by atoms with Crippen LogP contribution in [-0.4, -0.2) is 6.54 Å². The van der Waals surface area contributed by atoms with Crippen molar-refractivity contribution in [2.75, 3.05) is 6.54 Å². The Morgan fingerprint density at radius 2 is 2.05 bits per heavy atom. The van der Waals surface area contributed by atoms with Crippen molar-refractivity contribution in [1.29, 1.82) is 5.26 Å². The highest BCUT2D eigenvalue weighted by molar-refractivity contribution is 6.31. The van der Waals surface area contributed by atoms with E-state index in [-0.39, 0.29) is 0 Å². The van der Waals surface area contributed by atoms with Gasteiger partial charge >= 0.3 is 0 Å². The third-order valence-electron chi connectivity index (χ3n) is 3.08. The van der Waals surface area contributed by atoms with Crippen LogP contribution in [0.5, 0.6) is 5.75 Å². The van der Waals surface area contributed by atoms with Crippen molar-refractivity contribution in [3.8, 4) is 11.8 Å². The molecule has 0 aliphatic carbocycles. The quantitative estimate of drug-likeness (QED) is 0.880. The average molecular weight is 301 g/mol. The maximum Gasteiger partial charge on any atom is 0.125 e. The summed E-state index contributed by atoms with van der Waals surface area (Å²) in [5.41, 5.74) is 2.55. The van der Waals surface area contributed by atoms with Gasteiger partial charge in [0.1, 0.15) is 12.4 Å². The van der Waals surface area contributed by atoms with Gasteiger partial charge in [-0.15, -0.1) is 0 Å². The molecule has 0 aromatic heterocycles. The minimum absolute atomic E-state index is 0.412. The van der Waals surface area contributed by atoms with Gasteiger partial charge in [0.25, 0.3) is 0 Å². The third kappa shape index (κ3) is 4.22. The summed E-state index contributed by atoms with van der Waals surface area (Å²) >= 11 is 6.23. The molecule has 0 aliphatic heterocycles. The first-order chi connectivity index (χ1) is 10.2. The van der Waals surface area contributed by atoms with Gasteiger partial charge in [-0.25, -0.2) is 0 Å². The van der Waals surface area contributed by atoms with E-state index in [1.165, 1.54) is 0 Å². The summed E-state index contributed by atoms with van der Waals surface area (Å²) < 4.78 is 5.87. The van der Waals surface area contributed by atoms with E-state index in [2.05, 4.69) is 11.4 Å². The summed E-state index contributed by atoms with van der Waals surface area (Å²) in [5.74, 6) is 0.769. The molecule has 2 rings (SSSR count). The predicted octanol–water partition coefficient (Wildman–Crippen LogP) is 3.90. The summed E-state index contributed by atoms with van der Waals surface area (Å²) in [6.07, 6.45) is 0. The van der Waals surface area contributed by atoms with Crippen LogP contribution in [0, 0.1) is 11.3 Å². The second kappa shape index (κ2) is 7.68. The van der Waals surface area contributed by atoms with E-state index >= 15 is 0 Å². The molecular formula is C17H17ClN2O. The van der Waals surface area contributed by atoms with Crippen molar-refractivity contribution in [1.82, 2.24) is 5.32 Å². The lowest BCUT2D eigenvalue weighted by Crippen LogP contribution is -2.13. The van der Waals surface area contributed by atoms with Crippen molar-refractivity contribution >= 4 is 11.6 Å². The summed E-state index contributed by atoms with van der Waals surface area (Å²) in [6, 6.07) is 15.2. The molecule has 2 aromatic carbocycles. The highest BCUT2D eigenvalue weighted by Crippen LogP contribution is 2.27. The maximum atomic E-state index is 8.91. The molecule has 1 N–H and O–H groups in total. The number of ether oxygens (including phenoxy) is 1. The van der Waals surface area contributed by atoms with Gasteiger partial charge in [-0.2, -0.15) is 5.26 Å². The lowest BCUT2D eigenvalue weighted by molar-refractivity contribution is 0.302. The smallest absolute Gasteiger partial charge is 0.125 e. The number of nitriles is 1.